The van der Waals surface area contributed by atoms with Crippen LogP contribution in [-0.2, 0) is 16.1 Å². The molecule has 156 valence electrons. The molecule has 0 saturated carbocycles. The normalized spacial score (nSPS) is 19.9. The van der Waals surface area contributed by atoms with E-state index in [1.807, 2.05) is 72.5 Å². The number of benzene rings is 2. The lowest BCUT2D eigenvalue weighted by atomic mass is 9.83. The average molecular weight is 416 g/mol. The fourth-order valence-corrected chi connectivity index (χ4v) is 3.81. The number of carbonyl (C=O) groups excluding carboxylic acids is 2. The van der Waals surface area contributed by atoms with Crippen LogP contribution in [0.1, 0.15) is 43.4 Å². The molecule has 6 heteroatoms. The molecule has 2 aromatic rings. The number of piperidine rings is 1. The van der Waals surface area contributed by atoms with E-state index in [2.05, 4.69) is 5.32 Å². The van der Waals surface area contributed by atoms with Crippen molar-refractivity contribution in [2.45, 2.75) is 44.8 Å². The third kappa shape index (κ3) is 6.05. The Labute approximate surface area is 179 Å². The molecular weight excluding hydrogens is 386 g/mol. The summed E-state index contributed by atoms with van der Waals surface area (Å²) in [6.45, 7) is 2.99. The number of rotatable bonds is 7. The van der Waals surface area contributed by atoms with Gasteiger partial charge in [-0.2, -0.15) is 0 Å². The predicted octanol–water partition coefficient (Wildman–Crippen LogP) is 3.44. The Bertz CT molecular complexity index is 783. The topological polar surface area (TPSA) is 75.4 Å². The number of nitrogens with one attached hydrogen (secondary N) is 1. The number of amides is 2. The second kappa shape index (κ2) is 11.0. The standard InChI is InChI=1S/C23H29N3O2.ClH/c1-17(24)14-15-25-23(28)20-12-13-21(27)26(16-18-8-4-2-5-9-18)22(20)19-10-6-3-7-11-19;/h2-11,17,20,22H,12-16,24H2,1H3,(H,25,28);1H. The molecule has 0 radical (unpaired) electrons. The van der Waals surface area contributed by atoms with E-state index in [0.717, 1.165) is 17.5 Å². The first-order chi connectivity index (χ1) is 13.6. The highest BCUT2D eigenvalue weighted by Gasteiger charge is 2.40. The van der Waals surface area contributed by atoms with Crippen molar-refractivity contribution in [3.05, 3.63) is 71.8 Å². The van der Waals surface area contributed by atoms with Gasteiger partial charge in [-0.1, -0.05) is 60.7 Å². The Morgan fingerprint density at radius 1 is 1.14 bits per heavy atom. The van der Waals surface area contributed by atoms with Gasteiger partial charge in [0.15, 0.2) is 0 Å². The number of hydrogen-bond donors (Lipinski definition) is 2. The second-order valence-corrected chi connectivity index (χ2v) is 7.56. The number of nitrogens with zero attached hydrogens (tertiary/aromatic N) is 1. The lowest BCUT2D eigenvalue weighted by molar-refractivity contribution is -0.144. The molecule has 3 atom stereocenters. The molecular formula is C23H30ClN3O2. The molecule has 0 bridgehead atoms. The Morgan fingerprint density at radius 3 is 2.38 bits per heavy atom. The number of carbonyl (C=O) groups is 2. The summed E-state index contributed by atoms with van der Waals surface area (Å²) < 4.78 is 0. The van der Waals surface area contributed by atoms with E-state index in [0.29, 0.717) is 25.9 Å². The Kier molecular flexibility index (Phi) is 8.68. The number of likely N-dealkylation sites (tertiary alicyclic amines) is 1. The molecule has 1 aliphatic heterocycles. The minimum absolute atomic E-state index is 0. The van der Waals surface area contributed by atoms with E-state index in [4.69, 9.17) is 5.73 Å². The fourth-order valence-electron chi connectivity index (χ4n) is 3.81. The minimum Gasteiger partial charge on any atom is -0.356 e. The van der Waals surface area contributed by atoms with Gasteiger partial charge in [-0.25, -0.2) is 0 Å². The molecule has 0 spiro atoms. The van der Waals surface area contributed by atoms with Gasteiger partial charge in [0.2, 0.25) is 11.8 Å². The van der Waals surface area contributed by atoms with Crippen LogP contribution in [0.5, 0.6) is 0 Å². The zero-order valence-electron chi connectivity index (χ0n) is 16.8. The van der Waals surface area contributed by atoms with Gasteiger partial charge in [0, 0.05) is 25.6 Å². The third-order valence-electron chi connectivity index (χ3n) is 5.28. The largest absolute Gasteiger partial charge is 0.356 e. The molecule has 5 nitrogen and oxygen atoms in total. The van der Waals surface area contributed by atoms with Gasteiger partial charge in [-0.05, 0) is 30.9 Å². The molecule has 1 aliphatic rings. The van der Waals surface area contributed by atoms with Crippen LogP contribution in [0, 0.1) is 5.92 Å². The molecule has 1 saturated heterocycles. The predicted molar refractivity (Wildman–Crippen MR) is 117 cm³/mol. The number of nitrogens with two attached hydrogens (primary N) is 1. The molecule has 3 N–H and O–H groups in total. The van der Waals surface area contributed by atoms with Crippen molar-refractivity contribution < 1.29 is 9.59 Å². The first-order valence-electron chi connectivity index (χ1n) is 9.98. The molecule has 2 amide bonds. The van der Waals surface area contributed by atoms with Gasteiger partial charge in [0.05, 0.1) is 12.0 Å². The SMILES string of the molecule is CC(N)CCNC(=O)C1CCC(=O)N(Cc2ccccc2)C1c1ccccc1.Cl. The first-order valence-corrected chi connectivity index (χ1v) is 9.98. The van der Waals surface area contributed by atoms with Crippen LogP contribution < -0.4 is 11.1 Å². The van der Waals surface area contributed by atoms with Gasteiger partial charge in [-0.3, -0.25) is 9.59 Å². The number of hydrogen-bond acceptors (Lipinski definition) is 3. The van der Waals surface area contributed by atoms with Crippen LogP contribution in [0.3, 0.4) is 0 Å². The maximum atomic E-state index is 13.0. The summed E-state index contributed by atoms with van der Waals surface area (Å²) in [7, 11) is 0. The first kappa shape index (κ1) is 22.9. The average Bonchev–Trinajstić information content (AvgIpc) is 2.70. The molecule has 3 unspecified atom stereocenters. The van der Waals surface area contributed by atoms with Crippen LogP contribution >= 0.6 is 12.4 Å². The molecule has 3 rings (SSSR count). The quantitative estimate of drug-likeness (QED) is 0.727. The molecule has 1 heterocycles. The Hall–Kier alpha value is -2.37. The van der Waals surface area contributed by atoms with E-state index in [1.165, 1.54) is 0 Å². The second-order valence-electron chi connectivity index (χ2n) is 7.56. The zero-order chi connectivity index (χ0) is 19.9. The van der Waals surface area contributed by atoms with Crippen molar-refractivity contribution in [3.8, 4) is 0 Å². The van der Waals surface area contributed by atoms with Crippen LogP contribution in [0.25, 0.3) is 0 Å². The molecule has 0 aromatic heterocycles. The maximum Gasteiger partial charge on any atom is 0.225 e. The number of halogens is 1. The van der Waals surface area contributed by atoms with Crippen molar-refractivity contribution in [2.75, 3.05) is 6.54 Å². The monoisotopic (exact) mass is 415 g/mol. The van der Waals surface area contributed by atoms with Gasteiger partial charge in [0.1, 0.15) is 0 Å². The highest BCUT2D eigenvalue weighted by Crippen LogP contribution is 2.37. The summed E-state index contributed by atoms with van der Waals surface area (Å²) in [5.74, 6) is -0.172. The zero-order valence-corrected chi connectivity index (χ0v) is 17.6. The maximum absolute atomic E-state index is 13.0. The Morgan fingerprint density at radius 2 is 1.76 bits per heavy atom. The van der Waals surface area contributed by atoms with Crippen molar-refractivity contribution in [2.24, 2.45) is 11.7 Å². The van der Waals surface area contributed by atoms with E-state index >= 15 is 0 Å². The summed E-state index contributed by atoms with van der Waals surface area (Å²) in [5, 5.41) is 3.03. The van der Waals surface area contributed by atoms with Crippen LogP contribution in [-0.4, -0.2) is 29.3 Å². The summed E-state index contributed by atoms with van der Waals surface area (Å²) >= 11 is 0. The van der Waals surface area contributed by atoms with Crippen molar-refractivity contribution in [3.63, 3.8) is 0 Å². The van der Waals surface area contributed by atoms with Gasteiger partial charge < -0.3 is 16.0 Å². The smallest absolute Gasteiger partial charge is 0.225 e. The van der Waals surface area contributed by atoms with Crippen LogP contribution in [0.4, 0.5) is 0 Å². The fraction of sp³-hybridized carbons (Fsp3) is 0.391. The summed E-state index contributed by atoms with van der Waals surface area (Å²) in [5.41, 5.74) is 7.86. The molecule has 29 heavy (non-hydrogen) atoms. The minimum atomic E-state index is -0.267. The van der Waals surface area contributed by atoms with Crippen LogP contribution in [0.15, 0.2) is 60.7 Å². The summed E-state index contributed by atoms with van der Waals surface area (Å²) in [6.07, 6.45) is 1.69. The highest BCUT2D eigenvalue weighted by molar-refractivity contribution is 5.85. The van der Waals surface area contributed by atoms with E-state index in [9.17, 15) is 9.59 Å². The van der Waals surface area contributed by atoms with Gasteiger partial charge in [0.25, 0.3) is 0 Å². The lowest BCUT2D eigenvalue weighted by Gasteiger charge is -2.41. The summed E-state index contributed by atoms with van der Waals surface area (Å²) in [6, 6.07) is 19.6. The Balaban J connectivity index is 0.00000300. The van der Waals surface area contributed by atoms with E-state index in [1.54, 1.807) is 0 Å². The lowest BCUT2D eigenvalue weighted by Crippen LogP contribution is -2.48. The summed E-state index contributed by atoms with van der Waals surface area (Å²) in [4.78, 5) is 27.7. The highest BCUT2D eigenvalue weighted by atomic mass is 35.5. The van der Waals surface area contributed by atoms with Gasteiger partial charge >= 0.3 is 0 Å². The molecule has 2 aromatic carbocycles. The van der Waals surface area contributed by atoms with Crippen molar-refractivity contribution in [1.82, 2.24) is 10.2 Å². The third-order valence-corrected chi connectivity index (χ3v) is 5.28. The van der Waals surface area contributed by atoms with Crippen molar-refractivity contribution in [1.29, 1.82) is 0 Å². The van der Waals surface area contributed by atoms with Crippen LogP contribution in [0.2, 0.25) is 0 Å². The molecule has 0 aliphatic carbocycles. The van der Waals surface area contributed by atoms with Gasteiger partial charge in [-0.15, -0.1) is 12.4 Å². The van der Waals surface area contributed by atoms with E-state index in [-0.39, 0.29) is 42.2 Å². The van der Waals surface area contributed by atoms with Crippen molar-refractivity contribution >= 4 is 24.2 Å². The van der Waals surface area contributed by atoms with E-state index < -0.39 is 0 Å². The molecule has 1 fully saturated rings.